The molecule has 5 rings (SSSR count). The molecule has 2 aliphatic rings. The van der Waals surface area contributed by atoms with E-state index in [0.717, 1.165) is 16.5 Å². The molecule has 3 aromatic rings. The van der Waals surface area contributed by atoms with E-state index in [1.54, 1.807) is 17.8 Å². The van der Waals surface area contributed by atoms with E-state index in [-0.39, 0.29) is 29.6 Å². The molecule has 0 radical (unpaired) electrons. The summed E-state index contributed by atoms with van der Waals surface area (Å²) in [6, 6.07) is 9.59. The summed E-state index contributed by atoms with van der Waals surface area (Å²) in [5.41, 5.74) is 2.67. The van der Waals surface area contributed by atoms with Crippen LogP contribution >= 0.6 is 0 Å². The molecule has 29 heavy (non-hydrogen) atoms. The molecule has 2 fully saturated rings. The first-order valence-corrected chi connectivity index (χ1v) is 9.84. The number of carbonyl (C=O) groups is 2. The Morgan fingerprint density at radius 2 is 2.00 bits per heavy atom. The van der Waals surface area contributed by atoms with Crippen molar-refractivity contribution in [2.45, 2.75) is 19.0 Å². The van der Waals surface area contributed by atoms with Crippen LogP contribution in [0.3, 0.4) is 0 Å². The molecule has 0 bridgehead atoms. The van der Waals surface area contributed by atoms with Crippen LogP contribution in [0, 0.1) is 11.8 Å². The number of nitrogens with one attached hydrogen (secondary N) is 3. The summed E-state index contributed by atoms with van der Waals surface area (Å²) in [6.45, 7) is 3.38. The topological polar surface area (TPSA) is 101 Å². The molecule has 3 N–H and O–H groups in total. The van der Waals surface area contributed by atoms with Gasteiger partial charge in [0.1, 0.15) is 5.69 Å². The predicted octanol–water partition coefficient (Wildman–Crippen LogP) is 1.71. The number of carbonyl (C=O) groups excluding carboxylic acids is 2. The molecule has 1 saturated carbocycles. The maximum atomic E-state index is 13.0. The van der Waals surface area contributed by atoms with Crippen LogP contribution in [0.15, 0.2) is 36.5 Å². The van der Waals surface area contributed by atoms with Gasteiger partial charge in [-0.05, 0) is 36.1 Å². The summed E-state index contributed by atoms with van der Waals surface area (Å²) in [5, 5.41) is 11.2. The Hall–Kier alpha value is -3.13. The lowest BCUT2D eigenvalue weighted by molar-refractivity contribution is 0.0915. The third kappa shape index (κ3) is 3.00. The van der Waals surface area contributed by atoms with E-state index >= 15 is 0 Å². The first-order chi connectivity index (χ1) is 14.1. The minimum Gasteiger partial charge on any atom is -0.381 e. The Morgan fingerprint density at radius 3 is 2.76 bits per heavy atom. The largest absolute Gasteiger partial charge is 0.381 e. The highest BCUT2D eigenvalue weighted by atomic mass is 16.5. The molecular formula is C21H23N5O3. The maximum absolute atomic E-state index is 13.0. The van der Waals surface area contributed by atoms with Crippen molar-refractivity contribution in [3.63, 3.8) is 0 Å². The summed E-state index contributed by atoms with van der Waals surface area (Å²) in [4.78, 5) is 28.4. The lowest BCUT2D eigenvalue weighted by Crippen LogP contribution is -2.32. The van der Waals surface area contributed by atoms with Crippen molar-refractivity contribution in [1.29, 1.82) is 0 Å². The predicted molar refractivity (Wildman–Crippen MR) is 107 cm³/mol. The van der Waals surface area contributed by atoms with Crippen LogP contribution in [-0.2, 0) is 4.74 Å². The summed E-state index contributed by atoms with van der Waals surface area (Å²) >= 11 is 0. The second-order valence-electron chi connectivity index (χ2n) is 7.80. The average Bonchev–Trinajstić information content (AvgIpc) is 3.26. The van der Waals surface area contributed by atoms with Crippen molar-refractivity contribution in [2.75, 3.05) is 20.3 Å². The summed E-state index contributed by atoms with van der Waals surface area (Å²) in [5.74, 6) is 0.286. The molecule has 4 atom stereocenters. The number of benzene rings is 1. The molecule has 150 valence electrons. The van der Waals surface area contributed by atoms with E-state index in [1.165, 1.54) is 0 Å². The molecule has 8 heteroatoms. The van der Waals surface area contributed by atoms with E-state index in [2.05, 4.69) is 26.8 Å². The van der Waals surface area contributed by atoms with E-state index in [1.807, 2.05) is 31.3 Å². The number of aromatic amines is 1. The standard InChI is InChI=1S/C21H23N5O3/c1-11(12-3-4-16-13(7-12)5-6-23-16)26-18(8-17(25-26)20(27)22-2)21(28)24-19-14-9-29-10-15(14)19/h3-8,11,14-15,19,23H,9-10H2,1-2H3,(H,22,27)(H,24,28)/t11-,14-,15+,19+/m1/s1. The number of ether oxygens (including phenoxy) is 1. The lowest BCUT2D eigenvalue weighted by atomic mass is 10.1. The fourth-order valence-corrected chi connectivity index (χ4v) is 4.25. The summed E-state index contributed by atoms with van der Waals surface area (Å²) in [7, 11) is 1.55. The highest BCUT2D eigenvalue weighted by Crippen LogP contribution is 2.44. The summed E-state index contributed by atoms with van der Waals surface area (Å²) < 4.78 is 7.04. The highest BCUT2D eigenvalue weighted by molar-refractivity contribution is 5.98. The Balaban J connectivity index is 1.47. The number of H-pyrrole nitrogens is 1. The normalized spacial score (nSPS) is 23.6. The highest BCUT2D eigenvalue weighted by Gasteiger charge is 2.55. The van der Waals surface area contributed by atoms with Gasteiger partial charge >= 0.3 is 0 Å². The van der Waals surface area contributed by atoms with Crippen LogP contribution in [0.25, 0.3) is 10.9 Å². The molecule has 1 aromatic carbocycles. The van der Waals surface area contributed by atoms with E-state index < -0.39 is 0 Å². The SMILES string of the molecule is CNC(=O)c1cc(C(=O)N[C@H]2[C@@H]3COC[C@@H]32)n([C@H](C)c2ccc3[nH]ccc3c2)n1. The fraction of sp³-hybridized carbons (Fsp3) is 0.381. The van der Waals surface area contributed by atoms with Gasteiger partial charge in [-0.1, -0.05) is 6.07 Å². The van der Waals surface area contributed by atoms with Gasteiger partial charge in [0.25, 0.3) is 11.8 Å². The molecular weight excluding hydrogens is 370 g/mol. The van der Waals surface area contributed by atoms with Crippen LogP contribution in [0.1, 0.15) is 39.5 Å². The summed E-state index contributed by atoms with van der Waals surface area (Å²) in [6.07, 6.45) is 1.89. The number of fused-ring (bicyclic) bond motifs is 2. The Labute approximate surface area is 167 Å². The zero-order valence-corrected chi connectivity index (χ0v) is 16.3. The van der Waals surface area contributed by atoms with Gasteiger partial charge in [-0.3, -0.25) is 14.3 Å². The fourth-order valence-electron chi connectivity index (χ4n) is 4.25. The van der Waals surface area contributed by atoms with E-state index in [4.69, 9.17) is 4.74 Å². The van der Waals surface area contributed by atoms with Gasteiger partial charge in [0.15, 0.2) is 5.69 Å². The van der Waals surface area contributed by atoms with Gasteiger partial charge in [0.2, 0.25) is 0 Å². The Kier molecular flexibility index (Phi) is 4.16. The first kappa shape index (κ1) is 17.9. The van der Waals surface area contributed by atoms with Gasteiger partial charge in [0, 0.05) is 42.7 Å². The van der Waals surface area contributed by atoms with Crippen LogP contribution in [0.2, 0.25) is 0 Å². The number of amides is 2. The minimum absolute atomic E-state index is 0.148. The van der Waals surface area contributed by atoms with E-state index in [0.29, 0.717) is 30.7 Å². The van der Waals surface area contributed by atoms with Crippen molar-refractivity contribution >= 4 is 22.7 Å². The van der Waals surface area contributed by atoms with Gasteiger partial charge < -0.3 is 20.4 Å². The second-order valence-corrected chi connectivity index (χ2v) is 7.80. The van der Waals surface area contributed by atoms with Gasteiger partial charge in [-0.15, -0.1) is 0 Å². The van der Waals surface area contributed by atoms with Crippen molar-refractivity contribution in [1.82, 2.24) is 25.4 Å². The van der Waals surface area contributed by atoms with Crippen LogP contribution in [-0.4, -0.2) is 52.9 Å². The molecule has 1 saturated heterocycles. The number of nitrogens with zero attached hydrogens (tertiary/aromatic N) is 2. The maximum Gasteiger partial charge on any atom is 0.271 e. The third-order valence-corrected chi connectivity index (χ3v) is 6.10. The number of hydrogen-bond acceptors (Lipinski definition) is 4. The van der Waals surface area contributed by atoms with Gasteiger partial charge in [-0.2, -0.15) is 5.10 Å². The van der Waals surface area contributed by atoms with Crippen molar-refractivity contribution in [3.05, 3.63) is 53.5 Å². The smallest absolute Gasteiger partial charge is 0.271 e. The molecule has 8 nitrogen and oxygen atoms in total. The van der Waals surface area contributed by atoms with Crippen LogP contribution in [0.4, 0.5) is 0 Å². The number of rotatable bonds is 5. The zero-order valence-electron chi connectivity index (χ0n) is 16.3. The molecule has 3 heterocycles. The van der Waals surface area contributed by atoms with E-state index in [9.17, 15) is 9.59 Å². The number of aromatic nitrogens is 3. The monoisotopic (exact) mass is 393 g/mol. The molecule has 0 spiro atoms. The Morgan fingerprint density at radius 1 is 1.21 bits per heavy atom. The lowest BCUT2D eigenvalue weighted by Gasteiger charge is -2.16. The number of hydrogen-bond donors (Lipinski definition) is 3. The van der Waals surface area contributed by atoms with Gasteiger partial charge in [0.05, 0.1) is 19.3 Å². The molecule has 1 aliphatic heterocycles. The van der Waals surface area contributed by atoms with Gasteiger partial charge in [-0.25, -0.2) is 0 Å². The first-order valence-electron chi connectivity index (χ1n) is 9.84. The third-order valence-electron chi connectivity index (χ3n) is 6.10. The minimum atomic E-state index is -0.317. The Bertz CT molecular complexity index is 1090. The van der Waals surface area contributed by atoms with Crippen molar-refractivity contribution < 1.29 is 14.3 Å². The second kappa shape index (κ2) is 6.73. The molecule has 1 aliphatic carbocycles. The molecule has 0 unspecified atom stereocenters. The average molecular weight is 393 g/mol. The molecule has 2 amide bonds. The van der Waals surface area contributed by atoms with Crippen LogP contribution in [0.5, 0.6) is 0 Å². The van der Waals surface area contributed by atoms with Crippen LogP contribution < -0.4 is 10.6 Å². The van der Waals surface area contributed by atoms with Crippen molar-refractivity contribution in [2.24, 2.45) is 11.8 Å². The van der Waals surface area contributed by atoms with Crippen molar-refractivity contribution in [3.8, 4) is 0 Å². The zero-order chi connectivity index (χ0) is 20.1. The molecule has 2 aromatic heterocycles. The quantitative estimate of drug-likeness (QED) is 0.614.